The Hall–Kier alpha value is -2.74. The van der Waals surface area contributed by atoms with E-state index in [-0.39, 0.29) is 35.2 Å². The van der Waals surface area contributed by atoms with Crippen LogP contribution in [0.15, 0.2) is 28.8 Å². The van der Waals surface area contributed by atoms with Gasteiger partial charge >= 0.3 is 5.97 Å². The molecule has 1 fully saturated rings. The Kier molecular flexibility index (Phi) is 4.54. The maximum absolute atomic E-state index is 13.9. The molecule has 2 heterocycles. The summed E-state index contributed by atoms with van der Waals surface area (Å²) in [6, 6.07) is 5.66. The second-order valence-corrected chi connectivity index (χ2v) is 6.03. The van der Waals surface area contributed by atoms with E-state index in [4.69, 9.17) is 4.52 Å². The molecular weight excluding hydrogens is 329 g/mol. The molecule has 25 heavy (non-hydrogen) atoms. The smallest absolute Gasteiger partial charge is 0.341 e. The van der Waals surface area contributed by atoms with E-state index in [0.717, 1.165) is 0 Å². The van der Waals surface area contributed by atoms with Crippen molar-refractivity contribution in [3.8, 4) is 0 Å². The van der Waals surface area contributed by atoms with Gasteiger partial charge in [0.25, 0.3) is 0 Å². The highest BCUT2D eigenvalue weighted by atomic mass is 19.1. The molecule has 8 heteroatoms. The first-order chi connectivity index (χ1) is 11.9. The van der Waals surface area contributed by atoms with Crippen LogP contribution < -0.4 is 4.90 Å². The lowest BCUT2D eigenvalue weighted by Gasteiger charge is -2.23. The van der Waals surface area contributed by atoms with E-state index < -0.39 is 17.8 Å². The summed E-state index contributed by atoms with van der Waals surface area (Å²) in [5, 5.41) is 13.0. The minimum absolute atomic E-state index is 0.0169. The SMILES string of the molecule is Cc1onc(CN(C)C2CCN(c3ccccc3F)C2=O)c1C(=O)O. The highest BCUT2D eigenvalue weighted by molar-refractivity contribution is 5.99. The van der Waals surface area contributed by atoms with Crippen LogP contribution in [0.4, 0.5) is 10.1 Å². The number of carboxylic acids is 1. The van der Waals surface area contributed by atoms with Gasteiger partial charge < -0.3 is 14.5 Å². The number of hydrogen-bond acceptors (Lipinski definition) is 5. The summed E-state index contributed by atoms with van der Waals surface area (Å²) >= 11 is 0. The summed E-state index contributed by atoms with van der Waals surface area (Å²) in [6.45, 7) is 2.08. The summed E-state index contributed by atoms with van der Waals surface area (Å²) in [6.07, 6.45) is 0.517. The lowest BCUT2D eigenvalue weighted by molar-refractivity contribution is -0.121. The van der Waals surface area contributed by atoms with Crippen LogP contribution in [-0.2, 0) is 11.3 Å². The van der Waals surface area contributed by atoms with Gasteiger partial charge in [-0.15, -0.1) is 0 Å². The standard InChI is InChI=1S/C17H18FN3O4/c1-10-15(17(23)24)12(19-25-10)9-20(2)14-7-8-21(16(14)22)13-6-4-3-5-11(13)18/h3-6,14H,7-9H2,1-2H3,(H,23,24). The molecule has 3 rings (SSSR count). The molecule has 1 aromatic heterocycles. The molecule has 132 valence electrons. The van der Waals surface area contributed by atoms with Crippen molar-refractivity contribution in [2.24, 2.45) is 0 Å². The first kappa shape index (κ1) is 17.1. The molecule has 0 radical (unpaired) electrons. The van der Waals surface area contributed by atoms with E-state index in [9.17, 15) is 19.1 Å². The molecule has 0 spiro atoms. The Balaban J connectivity index is 1.76. The molecule has 1 aromatic carbocycles. The minimum Gasteiger partial charge on any atom is -0.477 e. The second kappa shape index (κ2) is 6.64. The molecule has 1 aliphatic rings. The number of carbonyl (C=O) groups is 2. The lowest BCUT2D eigenvalue weighted by Crippen LogP contribution is -2.39. The van der Waals surface area contributed by atoms with E-state index in [1.54, 1.807) is 30.1 Å². The van der Waals surface area contributed by atoms with Gasteiger partial charge in [-0.25, -0.2) is 9.18 Å². The third kappa shape index (κ3) is 3.12. The number of likely N-dealkylation sites (N-methyl/N-ethyl adjacent to an activating group) is 1. The van der Waals surface area contributed by atoms with Crippen molar-refractivity contribution in [1.82, 2.24) is 10.1 Å². The van der Waals surface area contributed by atoms with Crippen LogP contribution in [0, 0.1) is 12.7 Å². The van der Waals surface area contributed by atoms with Crippen molar-refractivity contribution < 1.29 is 23.6 Å². The first-order valence-corrected chi connectivity index (χ1v) is 7.84. The van der Waals surface area contributed by atoms with E-state index >= 15 is 0 Å². The Morgan fingerprint density at radius 2 is 2.20 bits per heavy atom. The molecular formula is C17H18FN3O4. The van der Waals surface area contributed by atoms with Crippen molar-refractivity contribution in [3.05, 3.63) is 47.1 Å². The zero-order valence-corrected chi connectivity index (χ0v) is 13.9. The third-order valence-corrected chi connectivity index (χ3v) is 4.40. The zero-order valence-electron chi connectivity index (χ0n) is 13.9. The molecule has 1 unspecified atom stereocenters. The number of aromatic nitrogens is 1. The molecule has 1 amide bonds. The van der Waals surface area contributed by atoms with Gasteiger partial charge in [0.15, 0.2) is 0 Å². The van der Waals surface area contributed by atoms with Gasteiger partial charge in [-0.05, 0) is 32.5 Å². The average molecular weight is 347 g/mol. The topological polar surface area (TPSA) is 86.9 Å². The summed E-state index contributed by atoms with van der Waals surface area (Å²) in [5.41, 5.74) is 0.541. The van der Waals surface area contributed by atoms with E-state index in [0.29, 0.717) is 13.0 Å². The monoisotopic (exact) mass is 347 g/mol. The van der Waals surface area contributed by atoms with Crippen molar-refractivity contribution in [3.63, 3.8) is 0 Å². The number of anilines is 1. The number of amides is 1. The van der Waals surface area contributed by atoms with Gasteiger partial charge in [0.05, 0.1) is 11.7 Å². The minimum atomic E-state index is -1.12. The van der Waals surface area contributed by atoms with Crippen LogP contribution in [-0.4, -0.2) is 46.7 Å². The van der Waals surface area contributed by atoms with E-state index in [1.807, 2.05) is 0 Å². The normalized spacial score (nSPS) is 17.5. The quantitative estimate of drug-likeness (QED) is 0.891. The molecule has 0 bridgehead atoms. The van der Waals surface area contributed by atoms with E-state index in [1.165, 1.54) is 17.9 Å². The molecule has 0 saturated carbocycles. The third-order valence-electron chi connectivity index (χ3n) is 4.40. The van der Waals surface area contributed by atoms with Gasteiger partial charge in [-0.2, -0.15) is 0 Å². The summed E-state index contributed by atoms with van der Waals surface area (Å²) in [7, 11) is 1.71. The molecule has 0 aliphatic carbocycles. The number of hydrogen-bond donors (Lipinski definition) is 1. The molecule has 1 N–H and O–H groups in total. The number of halogens is 1. The molecule has 7 nitrogen and oxygen atoms in total. The Morgan fingerprint density at radius 3 is 2.88 bits per heavy atom. The number of carboxylic acid groups (broad SMARTS) is 1. The average Bonchev–Trinajstić information content (AvgIpc) is 3.11. The largest absolute Gasteiger partial charge is 0.477 e. The van der Waals surface area contributed by atoms with Crippen LogP contribution in [0.3, 0.4) is 0 Å². The highest BCUT2D eigenvalue weighted by Crippen LogP contribution is 2.27. The molecule has 2 aromatic rings. The second-order valence-electron chi connectivity index (χ2n) is 6.03. The van der Waals surface area contributed by atoms with Crippen LogP contribution in [0.1, 0.15) is 28.2 Å². The number of rotatable bonds is 5. The molecule has 1 atom stereocenters. The lowest BCUT2D eigenvalue weighted by atomic mass is 10.1. The highest BCUT2D eigenvalue weighted by Gasteiger charge is 2.37. The van der Waals surface area contributed by atoms with Crippen LogP contribution in [0.2, 0.25) is 0 Å². The summed E-state index contributed by atoms with van der Waals surface area (Å²) < 4.78 is 18.9. The number of aromatic carboxylic acids is 1. The first-order valence-electron chi connectivity index (χ1n) is 7.84. The molecule has 1 saturated heterocycles. The van der Waals surface area contributed by atoms with Gasteiger partial charge in [0, 0.05) is 13.1 Å². The van der Waals surface area contributed by atoms with Gasteiger partial charge in [0.1, 0.15) is 22.8 Å². The van der Waals surface area contributed by atoms with Crippen LogP contribution >= 0.6 is 0 Å². The maximum atomic E-state index is 13.9. The van der Waals surface area contributed by atoms with Crippen molar-refractivity contribution in [2.45, 2.75) is 25.9 Å². The van der Waals surface area contributed by atoms with Gasteiger partial charge in [-0.1, -0.05) is 17.3 Å². The van der Waals surface area contributed by atoms with Gasteiger partial charge in [0.2, 0.25) is 5.91 Å². The maximum Gasteiger partial charge on any atom is 0.341 e. The zero-order chi connectivity index (χ0) is 18.1. The van der Waals surface area contributed by atoms with Crippen molar-refractivity contribution in [1.29, 1.82) is 0 Å². The fourth-order valence-corrected chi connectivity index (χ4v) is 3.13. The van der Waals surface area contributed by atoms with Crippen molar-refractivity contribution >= 4 is 17.6 Å². The number of aryl methyl sites for hydroxylation is 1. The predicted octanol–water partition coefficient (Wildman–Crippen LogP) is 2.06. The Labute approximate surface area is 143 Å². The molecule has 1 aliphatic heterocycles. The number of nitrogens with zero attached hydrogens (tertiary/aromatic N) is 3. The fourth-order valence-electron chi connectivity index (χ4n) is 3.13. The number of para-hydroxylation sites is 1. The van der Waals surface area contributed by atoms with Crippen molar-refractivity contribution in [2.75, 3.05) is 18.5 Å². The van der Waals surface area contributed by atoms with E-state index in [2.05, 4.69) is 5.16 Å². The number of carbonyl (C=O) groups excluding carboxylic acids is 1. The van der Waals surface area contributed by atoms with Crippen LogP contribution in [0.5, 0.6) is 0 Å². The van der Waals surface area contributed by atoms with Crippen LogP contribution in [0.25, 0.3) is 0 Å². The Morgan fingerprint density at radius 1 is 1.48 bits per heavy atom. The summed E-state index contributed by atoms with van der Waals surface area (Å²) in [5.74, 6) is -1.56. The summed E-state index contributed by atoms with van der Waals surface area (Å²) in [4.78, 5) is 27.1. The predicted molar refractivity (Wildman–Crippen MR) is 86.8 cm³/mol. The van der Waals surface area contributed by atoms with Gasteiger partial charge in [-0.3, -0.25) is 9.69 Å². The fraction of sp³-hybridized carbons (Fsp3) is 0.353. The Bertz CT molecular complexity index is 820. The number of benzene rings is 1.